The molecule has 0 saturated carbocycles. The first-order valence-electron chi connectivity index (χ1n) is 8.55. The molecule has 5 nitrogen and oxygen atoms in total. The Balaban J connectivity index is 1.67. The van der Waals surface area contributed by atoms with Crippen molar-refractivity contribution in [3.63, 3.8) is 0 Å². The molecule has 25 heavy (non-hydrogen) atoms. The number of nitrogens with one attached hydrogen (secondary N) is 3. The minimum atomic E-state index is -0.200. The van der Waals surface area contributed by atoms with Crippen LogP contribution in [0.25, 0.3) is 0 Å². The van der Waals surface area contributed by atoms with Crippen molar-refractivity contribution in [2.45, 2.75) is 32.2 Å². The van der Waals surface area contributed by atoms with Crippen molar-refractivity contribution in [3.05, 3.63) is 52.4 Å². The highest BCUT2D eigenvalue weighted by atomic mass is 32.1. The van der Waals surface area contributed by atoms with E-state index in [-0.39, 0.29) is 17.9 Å². The first-order chi connectivity index (χ1) is 12.0. The molecule has 132 valence electrons. The zero-order valence-corrected chi connectivity index (χ0v) is 15.3. The lowest BCUT2D eigenvalue weighted by Crippen LogP contribution is -2.36. The van der Waals surface area contributed by atoms with Crippen LogP contribution in [0.5, 0.6) is 0 Å². The number of hydrogen-bond donors (Lipinski definition) is 3. The third kappa shape index (κ3) is 4.27. The highest BCUT2D eigenvalue weighted by Gasteiger charge is 2.21. The van der Waals surface area contributed by atoms with Crippen molar-refractivity contribution in [2.75, 3.05) is 18.4 Å². The summed E-state index contributed by atoms with van der Waals surface area (Å²) in [4.78, 5) is 24.9. The Morgan fingerprint density at radius 2 is 1.92 bits per heavy atom. The van der Waals surface area contributed by atoms with Gasteiger partial charge in [0, 0.05) is 18.2 Å². The highest BCUT2D eigenvalue weighted by Crippen LogP contribution is 2.24. The van der Waals surface area contributed by atoms with E-state index in [1.54, 1.807) is 6.07 Å². The molecule has 1 atom stereocenters. The van der Waals surface area contributed by atoms with Gasteiger partial charge in [-0.2, -0.15) is 0 Å². The van der Waals surface area contributed by atoms with Gasteiger partial charge in [-0.3, -0.25) is 9.59 Å². The SMILES string of the molecule is CC(C)c1ccc(C(=O)Nc2sccc2C(=O)NC2CCNC2)cc1. The van der Waals surface area contributed by atoms with Gasteiger partial charge in [0.1, 0.15) is 5.00 Å². The number of benzene rings is 1. The Labute approximate surface area is 151 Å². The monoisotopic (exact) mass is 357 g/mol. The third-order valence-electron chi connectivity index (χ3n) is 4.37. The molecule has 1 aliphatic rings. The van der Waals surface area contributed by atoms with Crippen LogP contribution in [-0.2, 0) is 0 Å². The minimum Gasteiger partial charge on any atom is -0.348 e. The number of anilines is 1. The largest absolute Gasteiger partial charge is 0.348 e. The van der Waals surface area contributed by atoms with E-state index in [0.29, 0.717) is 22.0 Å². The van der Waals surface area contributed by atoms with Gasteiger partial charge in [0.2, 0.25) is 0 Å². The predicted molar refractivity (Wildman–Crippen MR) is 102 cm³/mol. The van der Waals surface area contributed by atoms with Crippen LogP contribution in [0.1, 0.15) is 52.5 Å². The number of amides is 2. The second-order valence-electron chi connectivity index (χ2n) is 6.56. The minimum absolute atomic E-state index is 0.139. The second-order valence-corrected chi connectivity index (χ2v) is 7.47. The summed E-state index contributed by atoms with van der Waals surface area (Å²) in [6, 6.07) is 9.48. The summed E-state index contributed by atoms with van der Waals surface area (Å²) < 4.78 is 0. The quantitative estimate of drug-likeness (QED) is 0.769. The first kappa shape index (κ1) is 17.6. The van der Waals surface area contributed by atoms with Crippen LogP contribution in [0.3, 0.4) is 0 Å². The molecule has 1 saturated heterocycles. The van der Waals surface area contributed by atoms with Crippen molar-refractivity contribution >= 4 is 28.2 Å². The molecule has 6 heteroatoms. The Bertz CT molecular complexity index is 746. The molecule has 1 fully saturated rings. The van der Waals surface area contributed by atoms with Crippen LogP contribution in [0, 0.1) is 0 Å². The molecule has 2 heterocycles. The van der Waals surface area contributed by atoms with Gasteiger partial charge in [-0.15, -0.1) is 11.3 Å². The molecule has 1 aromatic carbocycles. The molecule has 1 aliphatic heterocycles. The van der Waals surface area contributed by atoms with Crippen LogP contribution >= 0.6 is 11.3 Å². The van der Waals surface area contributed by atoms with Gasteiger partial charge in [0.15, 0.2) is 0 Å². The van der Waals surface area contributed by atoms with Crippen LogP contribution in [0.2, 0.25) is 0 Å². The summed E-state index contributed by atoms with van der Waals surface area (Å²) in [5.41, 5.74) is 2.30. The fraction of sp³-hybridized carbons (Fsp3) is 0.368. The topological polar surface area (TPSA) is 70.2 Å². The molecule has 3 rings (SSSR count). The van der Waals surface area contributed by atoms with Crippen molar-refractivity contribution in [1.82, 2.24) is 10.6 Å². The highest BCUT2D eigenvalue weighted by molar-refractivity contribution is 7.14. The Hall–Kier alpha value is -2.18. The summed E-state index contributed by atoms with van der Waals surface area (Å²) in [5.74, 6) is 0.0875. The van der Waals surface area contributed by atoms with Gasteiger partial charge in [-0.05, 0) is 48.0 Å². The third-order valence-corrected chi connectivity index (χ3v) is 5.20. The zero-order valence-electron chi connectivity index (χ0n) is 14.5. The average molecular weight is 357 g/mol. The maximum absolute atomic E-state index is 12.5. The van der Waals surface area contributed by atoms with Gasteiger partial charge >= 0.3 is 0 Å². The molecular weight excluding hydrogens is 334 g/mol. The normalized spacial score (nSPS) is 16.8. The fourth-order valence-electron chi connectivity index (χ4n) is 2.82. The molecule has 0 radical (unpaired) electrons. The van der Waals surface area contributed by atoms with E-state index in [1.165, 1.54) is 16.9 Å². The lowest BCUT2D eigenvalue weighted by atomic mass is 10.0. The van der Waals surface area contributed by atoms with Gasteiger partial charge in [-0.25, -0.2) is 0 Å². The maximum atomic E-state index is 12.5. The fourth-order valence-corrected chi connectivity index (χ4v) is 3.60. The summed E-state index contributed by atoms with van der Waals surface area (Å²) in [7, 11) is 0. The van der Waals surface area contributed by atoms with E-state index in [0.717, 1.165) is 19.5 Å². The molecule has 3 N–H and O–H groups in total. The summed E-state index contributed by atoms with van der Waals surface area (Å²) in [6.07, 6.45) is 0.930. The number of carbonyl (C=O) groups excluding carboxylic acids is 2. The molecular formula is C19H23N3O2S. The van der Waals surface area contributed by atoms with Crippen LogP contribution in [0.4, 0.5) is 5.00 Å². The Kier molecular flexibility index (Phi) is 5.50. The van der Waals surface area contributed by atoms with Crippen molar-refractivity contribution < 1.29 is 9.59 Å². The standard InChI is InChI=1S/C19H23N3O2S/c1-12(2)13-3-5-14(6-4-13)17(23)22-19-16(8-10-25-19)18(24)21-15-7-9-20-11-15/h3-6,8,10,12,15,20H,7,9,11H2,1-2H3,(H,21,24)(H,22,23). The number of carbonyl (C=O) groups is 2. The van der Waals surface area contributed by atoms with Gasteiger partial charge in [-0.1, -0.05) is 26.0 Å². The Morgan fingerprint density at radius 1 is 1.16 bits per heavy atom. The molecule has 1 unspecified atom stereocenters. The van der Waals surface area contributed by atoms with Crippen molar-refractivity contribution in [1.29, 1.82) is 0 Å². The van der Waals surface area contributed by atoms with E-state index >= 15 is 0 Å². The smallest absolute Gasteiger partial charge is 0.256 e. The lowest BCUT2D eigenvalue weighted by molar-refractivity contribution is 0.0941. The predicted octanol–water partition coefficient (Wildman–Crippen LogP) is 3.22. The summed E-state index contributed by atoms with van der Waals surface area (Å²) >= 11 is 1.36. The summed E-state index contributed by atoms with van der Waals surface area (Å²) in [5, 5.41) is 11.5. The van der Waals surface area contributed by atoms with E-state index in [4.69, 9.17) is 0 Å². The maximum Gasteiger partial charge on any atom is 0.256 e. The first-order valence-corrected chi connectivity index (χ1v) is 9.43. The van der Waals surface area contributed by atoms with E-state index in [9.17, 15) is 9.59 Å². The van der Waals surface area contributed by atoms with E-state index in [2.05, 4.69) is 29.8 Å². The number of rotatable bonds is 5. The van der Waals surface area contributed by atoms with Crippen LogP contribution in [0.15, 0.2) is 35.7 Å². The summed E-state index contributed by atoms with van der Waals surface area (Å²) in [6.45, 7) is 5.95. The van der Waals surface area contributed by atoms with E-state index < -0.39 is 0 Å². The van der Waals surface area contributed by atoms with Crippen LogP contribution < -0.4 is 16.0 Å². The second kappa shape index (κ2) is 7.80. The Morgan fingerprint density at radius 3 is 2.56 bits per heavy atom. The zero-order chi connectivity index (χ0) is 17.8. The number of hydrogen-bond acceptors (Lipinski definition) is 4. The van der Waals surface area contributed by atoms with Crippen LogP contribution in [-0.4, -0.2) is 30.9 Å². The van der Waals surface area contributed by atoms with Gasteiger partial charge < -0.3 is 16.0 Å². The molecule has 0 spiro atoms. The molecule has 0 aliphatic carbocycles. The number of thiophene rings is 1. The lowest BCUT2D eigenvalue weighted by Gasteiger charge is -2.12. The molecule has 1 aromatic heterocycles. The molecule has 2 aromatic rings. The average Bonchev–Trinajstić information content (AvgIpc) is 3.26. The van der Waals surface area contributed by atoms with E-state index in [1.807, 2.05) is 29.6 Å². The van der Waals surface area contributed by atoms with Crippen molar-refractivity contribution in [2.24, 2.45) is 0 Å². The van der Waals surface area contributed by atoms with Gasteiger partial charge in [0.05, 0.1) is 5.56 Å². The van der Waals surface area contributed by atoms with Crippen molar-refractivity contribution in [3.8, 4) is 0 Å². The molecule has 0 bridgehead atoms. The van der Waals surface area contributed by atoms with Gasteiger partial charge in [0.25, 0.3) is 11.8 Å². The molecule has 2 amide bonds.